The number of ether oxygens (including phenoxy) is 1. The summed E-state index contributed by atoms with van der Waals surface area (Å²) in [7, 11) is 2.04. The number of carboxylic acid groups (broad SMARTS) is 1. The number of nitrogens with zero attached hydrogens (tertiary/aromatic N) is 1. The molecule has 0 amide bonds. The molecule has 1 saturated heterocycles. The molecular formula is C32H32FNO6. The fourth-order valence-corrected chi connectivity index (χ4v) is 7.33. The van der Waals surface area contributed by atoms with E-state index in [4.69, 9.17) is 9.84 Å². The van der Waals surface area contributed by atoms with Crippen molar-refractivity contribution in [3.05, 3.63) is 83.2 Å². The van der Waals surface area contributed by atoms with Gasteiger partial charge in [-0.2, -0.15) is 0 Å². The molecule has 0 radical (unpaired) electrons. The molecule has 40 heavy (non-hydrogen) atoms. The summed E-state index contributed by atoms with van der Waals surface area (Å²) in [6.45, 7) is 2.37. The Balaban J connectivity index is 0.000000148. The summed E-state index contributed by atoms with van der Waals surface area (Å²) in [5, 5.41) is 30.7. The highest BCUT2D eigenvalue weighted by Gasteiger charge is 2.72. The van der Waals surface area contributed by atoms with Crippen LogP contribution in [0.2, 0.25) is 0 Å². The molecule has 2 bridgehead atoms. The van der Waals surface area contributed by atoms with E-state index in [2.05, 4.69) is 4.90 Å². The van der Waals surface area contributed by atoms with E-state index in [0.717, 1.165) is 29.7 Å². The van der Waals surface area contributed by atoms with Gasteiger partial charge in [0.2, 0.25) is 0 Å². The fraction of sp³-hybridized carbons (Fsp3) is 0.375. The molecule has 8 heteroatoms. The van der Waals surface area contributed by atoms with Gasteiger partial charge in [-0.1, -0.05) is 48.5 Å². The summed E-state index contributed by atoms with van der Waals surface area (Å²) >= 11 is 0. The van der Waals surface area contributed by atoms with Crippen LogP contribution >= 0.6 is 0 Å². The number of carbonyl (C=O) groups excluding carboxylic acids is 1. The number of Topliss-reactive ketones (excluding diaryl/α,β-unsaturated/α-hetero) is 1. The van der Waals surface area contributed by atoms with Gasteiger partial charge in [-0.15, -0.1) is 0 Å². The second kappa shape index (κ2) is 9.42. The fourth-order valence-electron chi connectivity index (χ4n) is 7.33. The largest absolute Gasteiger partial charge is 0.504 e. The lowest BCUT2D eigenvalue weighted by Crippen LogP contribution is -2.76. The van der Waals surface area contributed by atoms with E-state index >= 15 is 0 Å². The van der Waals surface area contributed by atoms with Crippen LogP contribution < -0.4 is 4.74 Å². The van der Waals surface area contributed by atoms with E-state index in [9.17, 15) is 24.2 Å². The first kappa shape index (κ1) is 26.5. The van der Waals surface area contributed by atoms with Crippen molar-refractivity contribution in [3.8, 4) is 22.6 Å². The zero-order valence-corrected chi connectivity index (χ0v) is 22.4. The molecule has 2 fully saturated rings. The Labute approximate surface area is 231 Å². The molecule has 3 N–H and O–H groups in total. The van der Waals surface area contributed by atoms with E-state index in [1.165, 1.54) is 6.07 Å². The quantitative estimate of drug-likeness (QED) is 0.447. The zero-order valence-electron chi connectivity index (χ0n) is 22.4. The number of benzene rings is 3. The molecule has 1 unspecified atom stereocenters. The number of phenols is 1. The van der Waals surface area contributed by atoms with Gasteiger partial charge in [0.15, 0.2) is 23.4 Å². The van der Waals surface area contributed by atoms with Crippen molar-refractivity contribution in [1.29, 1.82) is 0 Å². The van der Waals surface area contributed by atoms with Gasteiger partial charge in [0.25, 0.3) is 0 Å². The molecule has 2 aliphatic carbocycles. The minimum atomic E-state index is -0.957. The third-order valence-corrected chi connectivity index (χ3v) is 9.47. The standard InChI is InChI=1S/C17H19NO4.C15H13FO2/c1-18-7-6-16-13-9-2-3-10(19)14(13)22-15(16)11(20)4-5-17(16,21)12(18)8-9;1-10(15(17)18)12-7-8-13(14(16)9-12)11-5-3-2-4-6-11/h2-3,12,15,19,21H,4-8H2,1H3;2-10H,1H3,(H,17,18)/t12-,15+,16+,17-;/m1./s1. The Bertz CT molecular complexity index is 1510. The first-order chi connectivity index (χ1) is 19.1. The van der Waals surface area contributed by atoms with Crippen LogP contribution in [0.3, 0.4) is 0 Å². The molecule has 3 aromatic rings. The van der Waals surface area contributed by atoms with E-state index in [1.54, 1.807) is 25.1 Å². The van der Waals surface area contributed by atoms with E-state index in [-0.39, 0.29) is 17.6 Å². The number of carbonyl (C=O) groups is 2. The first-order valence-corrected chi connectivity index (χ1v) is 13.6. The Hall–Kier alpha value is -3.75. The van der Waals surface area contributed by atoms with Crippen molar-refractivity contribution in [2.24, 2.45) is 0 Å². The highest BCUT2D eigenvalue weighted by Crippen LogP contribution is 2.64. The van der Waals surface area contributed by atoms with Crippen LogP contribution in [-0.4, -0.2) is 63.3 Å². The Morgan fingerprint density at radius 2 is 1.88 bits per heavy atom. The SMILES string of the molecule is CC(C(=O)O)c1ccc(-c2ccccc2)c(F)c1.CN1CC[C@]23c4c5ccc(O)c4O[C@H]2C(=O)CC[C@@]3(O)[C@H]1C5. The number of hydrogen-bond acceptors (Lipinski definition) is 6. The second-order valence-electron chi connectivity index (χ2n) is 11.4. The molecule has 2 aliphatic heterocycles. The van der Waals surface area contributed by atoms with Gasteiger partial charge in [-0.05, 0) is 68.6 Å². The van der Waals surface area contributed by atoms with Crippen LogP contribution in [0.25, 0.3) is 11.1 Å². The number of aliphatic carboxylic acids is 1. The number of carboxylic acids is 1. The van der Waals surface area contributed by atoms with Crippen LogP contribution in [0.15, 0.2) is 60.7 Å². The van der Waals surface area contributed by atoms with Crippen LogP contribution in [-0.2, 0) is 21.4 Å². The Morgan fingerprint density at radius 3 is 2.58 bits per heavy atom. The summed E-state index contributed by atoms with van der Waals surface area (Å²) in [5.41, 5.74) is 2.11. The van der Waals surface area contributed by atoms with Crippen LogP contribution in [0.5, 0.6) is 11.5 Å². The summed E-state index contributed by atoms with van der Waals surface area (Å²) < 4.78 is 19.9. The van der Waals surface area contributed by atoms with Crippen molar-refractivity contribution in [3.63, 3.8) is 0 Å². The number of phenolic OH excluding ortho intramolecular Hbond substituents is 1. The molecule has 7 rings (SSSR count). The molecular weight excluding hydrogens is 513 g/mol. The molecule has 4 aliphatic rings. The molecule has 5 atom stereocenters. The number of aromatic hydroxyl groups is 1. The number of ketones is 1. The van der Waals surface area contributed by atoms with Crippen molar-refractivity contribution in [1.82, 2.24) is 4.90 Å². The van der Waals surface area contributed by atoms with E-state index < -0.39 is 34.8 Å². The van der Waals surface area contributed by atoms with Gasteiger partial charge < -0.3 is 25.0 Å². The Morgan fingerprint density at radius 1 is 1.12 bits per heavy atom. The van der Waals surface area contributed by atoms with Crippen LogP contribution in [0.4, 0.5) is 4.39 Å². The number of aliphatic hydroxyl groups is 1. The Kier molecular flexibility index (Phi) is 6.23. The lowest BCUT2D eigenvalue weighted by molar-refractivity contribution is -0.185. The number of hydrogen-bond donors (Lipinski definition) is 3. The predicted octanol–water partition coefficient (Wildman–Crippen LogP) is 4.43. The predicted molar refractivity (Wildman–Crippen MR) is 146 cm³/mol. The highest BCUT2D eigenvalue weighted by molar-refractivity contribution is 5.90. The number of rotatable bonds is 3. The minimum Gasteiger partial charge on any atom is -0.504 e. The van der Waals surface area contributed by atoms with Crippen molar-refractivity contribution in [2.45, 2.75) is 61.7 Å². The zero-order chi connectivity index (χ0) is 28.4. The summed E-state index contributed by atoms with van der Waals surface area (Å²) in [6, 6.07) is 17.3. The van der Waals surface area contributed by atoms with Gasteiger partial charge in [0.1, 0.15) is 5.82 Å². The van der Waals surface area contributed by atoms with Crippen LogP contribution in [0.1, 0.15) is 48.8 Å². The third-order valence-electron chi connectivity index (χ3n) is 9.47. The van der Waals surface area contributed by atoms with Gasteiger partial charge in [-0.25, -0.2) is 4.39 Å². The third kappa shape index (κ3) is 3.69. The highest BCUT2D eigenvalue weighted by atomic mass is 19.1. The summed E-state index contributed by atoms with van der Waals surface area (Å²) in [5.74, 6) is -1.50. The number of likely N-dealkylation sites (tertiary alicyclic amines) is 1. The number of halogens is 1. The lowest BCUT2D eigenvalue weighted by Gasteiger charge is -2.61. The maximum atomic E-state index is 14.0. The van der Waals surface area contributed by atoms with Gasteiger partial charge in [0.05, 0.1) is 16.9 Å². The minimum absolute atomic E-state index is 0.00319. The van der Waals surface area contributed by atoms with Crippen molar-refractivity contribution < 1.29 is 34.0 Å². The number of piperidine rings is 1. The van der Waals surface area contributed by atoms with Gasteiger partial charge in [0, 0.05) is 23.6 Å². The molecule has 3 aromatic carbocycles. The van der Waals surface area contributed by atoms with Crippen LogP contribution in [0, 0.1) is 5.82 Å². The molecule has 0 aromatic heterocycles. The van der Waals surface area contributed by atoms with Crippen molar-refractivity contribution in [2.75, 3.05) is 13.6 Å². The summed E-state index contributed by atoms with van der Waals surface area (Å²) in [4.78, 5) is 25.6. The van der Waals surface area contributed by atoms with Gasteiger partial charge >= 0.3 is 5.97 Å². The molecule has 2 heterocycles. The van der Waals surface area contributed by atoms with Crippen molar-refractivity contribution >= 4 is 11.8 Å². The maximum absolute atomic E-state index is 14.0. The normalized spacial score (nSPS) is 28.6. The second-order valence-corrected chi connectivity index (χ2v) is 11.4. The average molecular weight is 546 g/mol. The van der Waals surface area contributed by atoms with E-state index in [0.29, 0.717) is 36.1 Å². The molecule has 1 spiro atoms. The summed E-state index contributed by atoms with van der Waals surface area (Å²) in [6.07, 6.45) is 1.61. The van der Waals surface area contributed by atoms with E-state index in [1.807, 2.05) is 43.4 Å². The topological polar surface area (TPSA) is 107 Å². The number of likely N-dealkylation sites (N-methyl/N-ethyl adjacent to an activating group) is 1. The monoisotopic (exact) mass is 545 g/mol. The lowest BCUT2D eigenvalue weighted by atomic mass is 9.49. The smallest absolute Gasteiger partial charge is 0.310 e. The van der Waals surface area contributed by atoms with Gasteiger partial charge in [-0.3, -0.25) is 9.59 Å². The molecule has 7 nitrogen and oxygen atoms in total. The maximum Gasteiger partial charge on any atom is 0.310 e. The molecule has 208 valence electrons. The average Bonchev–Trinajstić information content (AvgIpc) is 3.31. The molecule has 1 saturated carbocycles. The first-order valence-electron chi connectivity index (χ1n) is 13.6.